The summed E-state index contributed by atoms with van der Waals surface area (Å²) in [6.07, 6.45) is -3.90. The summed E-state index contributed by atoms with van der Waals surface area (Å²) < 4.78 is 37.6. The number of rotatable bonds is 7. The highest BCUT2D eigenvalue weighted by molar-refractivity contribution is 6.30. The molecule has 4 rings (SSSR count). The molecule has 2 aromatic carbocycles. The standard InChI is InChI=1S/C24H22ClF3N6O2/c1-12-7-14(21(29)32-11-24(26,27)28)9-17-20(12)34-22(33-17)19-16(5-6-30-23(19)36)31-10-18(35)13-3-2-4-15(25)8-13/h2-9,18,35H,10-11H2,1H3,(H2,29,32)(H,33,34)(H2,30,31,36). The molecule has 188 valence electrons. The van der Waals surface area contributed by atoms with Gasteiger partial charge in [-0.3, -0.25) is 9.79 Å². The molecule has 0 spiro atoms. The number of aliphatic hydroxyl groups excluding tert-OH is 1. The second-order valence-corrected chi connectivity index (χ2v) is 8.57. The van der Waals surface area contributed by atoms with Crippen LogP contribution in [0, 0.1) is 6.92 Å². The number of imidazole rings is 1. The van der Waals surface area contributed by atoms with Gasteiger partial charge in [-0.05, 0) is 48.4 Å². The van der Waals surface area contributed by atoms with Crippen molar-refractivity contribution in [2.45, 2.75) is 19.2 Å². The molecule has 4 aromatic rings. The minimum Gasteiger partial charge on any atom is -0.387 e. The Labute approximate surface area is 208 Å². The maximum Gasteiger partial charge on any atom is 0.408 e. The van der Waals surface area contributed by atoms with E-state index in [1.54, 1.807) is 43.3 Å². The first-order valence-electron chi connectivity index (χ1n) is 10.8. The molecule has 12 heteroatoms. The van der Waals surface area contributed by atoms with E-state index < -0.39 is 24.4 Å². The van der Waals surface area contributed by atoms with Gasteiger partial charge in [-0.2, -0.15) is 13.2 Å². The van der Waals surface area contributed by atoms with E-state index >= 15 is 0 Å². The SMILES string of the molecule is Cc1cc(C(N)=NCC(F)(F)F)cc2[nH]c(-c3c(NCC(O)c4cccc(Cl)c4)cc[nH]c3=O)nc12. The molecule has 0 aliphatic heterocycles. The number of aliphatic imine (C=N–C) groups is 1. The summed E-state index contributed by atoms with van der Waals surface area (Å²) in [6.45, 7) is 0.426. The van der Waals surface area contributed by atoms with Crippen molar-refractivity contribution in [2.75, 3.05) is 18.4 Å². The van der Waals surface area contributed by atoms with Gasteiger partial charge in [0.2, 0.25) is 0 Å². The van der Waals surface area contributed by atoms with Crippen molar-refractivity contribution in [3.8, 4) is 11.4 Å². The minimum atomic E-state index is -4.47. The fourth-order valence-electron chi connectivity index (χ4n) is 3.72. The number of aryl methyl sites for hydroxylation is 1. The smallest absolute Gasteiger partial charge is 0.387 e. The Morgan fingerprint density at radius 3 is 2.78 bits per heavy atom. The van der Waals surface area contributed by atoms with E-state index in [9.17, 15) is 23.1 Å². The number of hydrogen-bond donors (Lipinski definition) is 5. The monoisotopic (exact) mass is 518 g/mol. The van der Waals surface area contributed by atoms with Crippen LogP contribution in [0.2, 0.25) is 5.02 Å². The van der Waals surface area contributed by atoms with Crippen LogP contribution in [0.4, 0.5) is 18.9 Å². The lowest BCUT2D eigenvalue weighted by atomic mass is 10.1. The molecule has 1 unspecified atom stereocenters. The van der Waals surface area contributed by atoms with Crippen molar-refractivity contribution in [1.29, 1.82) is 0 Å². The Morgan fingerprint density at radius 2 is 2.06 bits per heavy atom. The molecule has 0 aliphatic rings. The second-order valence-electron chi connectivity index (χ2n) is 8.14. The first-order valence-corrected chi connectivity index (χ1v) is 11.2. The van der Waals surface area contributed by atoms with E-state index in [2.05, 4.69) is 25.3 Å². The van der Waals surface area contributed by atoms with Crippen LogP contribution in [0.25, 0.3) is 22.4 Å². The van der Waals surface area contributed by atoms with Crippen LogP contribution in [0.15, 0.2) is 58.4 Å². The molecule has 1 atom stereocenters. The van der Waals surface area contributed by atoms with Gasteiger partial charge >= 0.3 is 6.18 Å². The lowest BCUT2D eigenvalue weighted by molar-refractivity contribution is -0.118. The molecular weight excluding hydrogens is 497 g/mol. The Morgan fingerprint density at radius 1 is 1.28 bits per heavy atom. The van der Waals surface area contributed by atoms with Crippen LogP contribution in [0.1, 0.15) is 22.8 Å². The quantitative estimate of drug-likeness (QED) is 0.184. The number of aromatic amines is 2. The largest absolute Gasteiger partial charge is 0.408 e. The normalized spacial score (nSPS) is 13.2. The van der Waals surface area contributed by atoms with E-state index in [0.717, 1.165) is 0 Å². The van der Waals surface area contributed by atoms with Gasteiger partial charge in [0, 0.05) is 23.3 Å². The Balaban J connectivity index is 1.66. The molecule has 6 N–H and O–H groups in total. The van der Waals surface area contributed by atoms with Crippen LogP contribution in [0.5, 0.6) is 0 Å². The average molecular weight is 519 g/mol. The summed E-state index contributed by atoms with van der Waals surface area (Å²) in [4.78, 5) is 26.3. The number of aliphatic hydroxyl groups is 1. The molecule has 0 saturated carbocycles. The van der Waals surface area contributed by atoms with Crippen molar-refractivity contribution >= 4 is 34.2 Å². The number of anilines is 1. The summed E-state index contributed by atoms with van der Waals surface area (Å²) in [6, 6.07) is 11.6. The van der Waals surface area contributed by atoms with Gasteiger partial charge in [-0.25, -0.2) is 4.98 Å². The Bertz CT molecular complexity index is 1500. The average Bonchev–Trinajstić information content (AvgIpc) is 3.24. The molecule has 8 nitrogen and oxygen atoms in total. The van der Waals surface area contributed by atoms with Crippen molar-refractivity contribution in [1.82, 2.24) is 15.0 Å². The Hall–Kier alpha value is -3.83. The number of nitrogens with zero attached hydrogens (tertiary/aromatic N) is 2. The van der Waals surface area contributed by atoms with Gasteiger partial charge in [0.05, 0.1) is 22.8 Å². The molecule has 0 aliphatic carbocycles. The van der Waals surface area contributed by atoms with Crippen LogP contribution < -0.4 is 16.6 Å². The van der Waals surface area contributed by atoms with Gasteiger partial charge < -0.3 is 26.1 Å². The fourth-order valence-corrected chi connectivity index (χ4v) is 3.92. The lowest BCUT2D eigenvalue weighted by Gasteiger charge is -2.15. The number of H-pyrrole nitrogens is 2. The number of nitrogens with one attached hydrogen (secondary N) is 3. The molecular formula is C24H22ClF3N6O2. The third-order valence-electron chi connectivity index (χ3n) is 5.42. The highest BCUT2D eigenvalue weighted by Crippen LogP contribution is 2.27. The van der Waals surface area contributed by atoms with Gasteiger partial charge in [0.15, 0.2) is 0 Å². The fraction of sp³-hybridized carbons (Fsp3) is 0.208. The highest BCUT2D eigenvalue weighted by atomic mass is 35.5. The van der Waals surface area contributed by atoms with E-state index in [1.807, 2.05) is 0 Å². The van der Waals surface area contributed by atoms with Crippen LogP contribution in [-0.2, 0) is 0 Å². The van der Waals surface area contributed by atoms with E-state index in [-0.39, 0.29) is 23.8 Å². The minimum absolute atomic E-state index is 0.0897. The van der Waals surface area contributed by atoms with Gasteiger partial charge in [-0.15, -0.1) is 0 Å². The van der Waals surface area contributed by atoms with Crippen molar-refractivity contribution in [3.63, 3.8) is 0 Å². The third kappa shape index (κ3) is 5.69. The predicted octanol–water partition coefficient (Wildman–Crippen LogP) is 4.29. The number of aromatic nitrogens is 3. The summed E-state index contributed by atoms with van der Waals surface area (Å²) in [5.41, 5.74) is 8.49. The molecule has 0 bridgehead atoms. The van der Waals surface area contributed by atoms with Gasteiger partial charge in [-0.1, -0.05) is 23.7 Å². The number of halogens is 4. The number of benzene rings is 2. The maximum absolute atomic E-state index is 12.7. The van der Waals surface area contributed by atoms with Crippen molar-refractivity contribution in [2.24, 2.45) is 10.7 Å². The summed E-state index contributed by atoms with van der Waals surface area (Å²) in [5, 5.41) is 14.1. The van der Waals surface area contributed by atoms with Gasteiger partial charge in [0.1, 0.15) is 23.8 Å². The molecule has 2 aromatic heterocycles. The predicted molar refractivity (Wildman–Crippen MR) is 133 cm³/mol. The number of nitrogens with two attached hydrogens (primary N) is 1. The van der Waals surface area contributed by atoms with E-state index in [0.29, 0.717) is 38.4 Å². The second kappa shape index (κ2) is 10.0. The Kier molecular flexibility index (Phi) is 7.04. The summed E-state index contributed by atoms with van der Waals surface area (Å²) >= 11 is 6.00. The number of pyridine rings is 1. The van der Waals surface area contributed by atoms with Gasteiger partial charge in [0.25, 0.3) is 5.56 Å². The molecule has 36 heavy (non-hydrogen) atoms. The van der Waals surface area contributed by atoms with Crippen LogP contribution in [0.3, 0.4) is 0 Å². The molecule has 2 heterocycles. The molecule has 0 saturated heterocycles. The lowest BCUT2D eigenvalue weighted by Crippen LogP contribution is -2.19. The number of alkyl halides is 3. The molecule has 0 fully saturated rings. The zero-order valence-electron chi connectivity index (χ0n) is 18.9. The van der Waals surface area contributed by atoms with Crippen LogP contribution >= 0.6 is 11.6 Å². The topological polar surface area (TPSA) is 132 Å². The highest BCUT2D eigenvalue weighted by Gasteiger charge is 2.26. The number of amidine groups is 1. The maximum atomic E-state index is 12.7. The van der Waals surface area contributed by atoms with E-state index in [4.69, 9.17) is 17.3 Å². The zero-order valence-corrected chi connectivity index (χ0v) is 19.7. The summed E-state index contributed by atoms with van der Waals surface area (Å²) in [5.74, 6) is -0.0268. The first kappa shape index (κ1) is 25.3. The van der Waals surface area contributed by atoms with Crippen molar-refractivity contribution in [3.05, 3.63) is 80.7 Å². The summed E-state index contributed by atoms with van der Waals surface area (Å²) in [7, 11) is 0. The molecule has 0 radical (unpaired) electrons. The number of fused-ring (bicyclic) bond motifs is 1. The third-order valence-corrected chi connectivity index (χ3v) is 5.65. The first-order chi connectivity index (χ1) is 17.0. The van der Waals surface area contributed by atoms with Crippen molar-refractivity contribution < 1.29 is 18.3 Å². The number of hydrogen-bond acceptors (Lipinski definition) is 5. The molecule has 0 amide bonds. The van der Waals surface area contributed by atoms with Crippen LogP contribution in [-0.4, -0.2) is 45.2 Å². The van der Waals surface area contributed by atoms with E-state index in [1.165, 1.54) is 12.3 Å². The zero-order chi connectivity index (χ0) is 26.0.